The molecule has 1 saturated carbocycles. The van der Waals surface area contributed by atoms with Gasteiger partial charge in [0.05, 0.1) is 15.7 Å². The smallest absolute Gasteiger partial charge is 0.251 e. The standard InChI is InChI=1S/C20H21N5O2S3/c1-10(18(27)22-19-15(16(21)26)12-4-2-5-13(12)30-19)29-20-24-23-17(14-6-3-9-28-14)25(20)11-7-8-11/h3,6,9-11H,2,4-5,7-8H2,1H3,(H2,21,26)(H,22,27)/t10-/m1/s1. The minimum Gasteiger partial charge on any atom is -0.365 e. The Morgan fingerprint density at radius 1 is 1.33 bits per heavy atom. The topological polar surface area (TPSA) is 103 Å². The Balaban J connectivity index is 1.35. The van der Waals surface area contributed by atoms with Crippen LogP contribution < -0.4 is 11.1 Å². The highest BCUT2D eigenvalue weighted by atomic mass is 32.2. The molecule has 30 heavy (non-hydrogen) atoms. The lowest BCUT2D eigenvalue weighted by molar-refractivity contribution is -0.115. The Morgan fingerprint density at radius 2 is 2.17 bits per heavy atom. The van der Waals surface area contributed by atoms with Crippen LogP contribution in [0, 0.1) is 0 Å². The molecule has 7 nitrogen and oxygen atoms in total. The molecular weight excluding hydrogens is 438 g/mol. The Kier molecular flexibility index (Phi) is 5.16. The van der Waals surface area contributed by atoms with E-state index in [0.29, 0.717) is 16.6 Å². The van der Waals surface area contributed by atoms with Gasteiger partial charge in [0, 0.05) is 10.9 Å². The maximum atomic E-state index is 12.9. The normalized spacial score (nSPS) is 16.4. The van der Waals surface area contributed by atoms with E-state index >= 15 is 0 Å². The molecular formula is C20H21N5O2S3. The number of thioether (sulfide) groups is 1. The summed E-state index contributed by atoms with van der Waals surface area (Å²) in [6.45, 7) is 1.85. The summed E-state index contributed by atoms with van der Waals surface area (Å²) in [5.74, 6) is 0.234. The van der Waals surface area contributed by atoms with Crippen LogP contribution in [0.4, 0.5) is 5.00 Å². The molecule has 5 rings (SSSR count). The highest BCUT2D eigenvalue weighted by Crippen LogP contribution is 2.43. The van der Waals surface area contributed by atoms with Crippen LogP contribution in [0.15, 0.2) is 22.7 Å². The van der Waals surface area contributed by atoms with Crippen molar-refractivity contribution in [3.63, 3.8) is 0 Å². The average Bonchev–Trinajstić information content (AvgIpc) is 3.11. The van der Waals surface area contributed by atoms with Crippen molar-refractivity contribution in [1.29, 1.82) is 0 Å². The number of carbonyl (C=O) groups excluding carboxylic acids is 2. The summed E-state index contributed by atoms with van der Waals surface area (Å²) >= 11 is 4.51. The van der Waals surface area contributed by atoms with Gasteiger partial charge in [0.1, 0.15) is 5.00 Å². The zero-order chi connectivity index (χ0) is 20.8. The minimum atomic E-state index is -0.473. The number of aryl methyl sites for hydroxylation is 1. The zero-order valence-electron chi connectivity index (χ0n) is 16.4. The molecule has 2 aliphatic carbocycles. The summed E-state index contributed by atoms with van der Waals surface area (Å²) in [7, 11) is 0. The van der Waals surface area contributed by atoms with E-state index in [1.165, 1.54) is 23.1 Å². The van der Waals surface area contributed by atoms with Crippen molar-refractivity contribution in [3.8, 4) is 10.7 Å². The predicted octanol–water partition coefficient (Wildman–Crippen LogP) is 4.11. The number of hydrogen-bond donors (Lipinski definition) is 2. The molecule has 2 aliphatic rings. The fourth-order valence-corrected chi connectivity index (χ4v) is 6.69. The van der Waals surface area contributed by atoms with Gasteiger partial charge in [0.2, 0.25) is 5.91 Å². The lowest BCUT2D eigenvalue weighted by Gasteiger charge is -2.13. The van der Waals surface area contributed by atoms with Crippen molar-refractivity contribution in [2.45, 2.75) is 55.5 Å². The predicted molar refractivity (Wildman–Crippen MR) is 120 cm³/mol. The number of anilines is 1. The molecule has 156 valence electrons. The van der Waals surface area contributed by atoms with Crippen LogP contribution in [-0.2, 0) is 17.6 Å². The van der Waals surface area contributed by atoms with Crippen LogP contribution in [-0.4, -0.2) is 31.8 Å². The molecule has 3 aromatic heterocycles. The van der Waals surface area contributed by atoms with E-state index in [4.69, 9.17) is 5.73 Å². The van der Waals surface area contributed by atoms with E-state index < -0.39 is 5.91 Å². The first-order chi connectivity index (χ1) is 14.5. The van der Waals surface area contributed by atoms with Gasteiger partial charge in [-0.3, -0.25) is 14.2 Å². The van der Waals surface area contributed by atoms with Gasteiger partial charge in [-0.2, -0.15) is 0 Å². The lowest BCUT2D eigenvalue weighted by Crippen LogP contribution is -2.24. The van der Waals surface area contributed by atoms with Crippen LogP contribution >= 0.6 is 34.4 Å². The van der Waals surface area contributed by atoms with Crippen molar-refractivity contribution in [2.75, 3.05) is 5.32 Å². The molecule has 3 N–H and O–H groups in total. The van der Waals surface area contributed by atoms with E-state index in [-0.39, 0.29) is 11.2 Å². The number of hydrogen-bond acceptors (Lipinski definition) is 7. The van der Waals surface area contributed by atoms with Crippen LogP contribution in [0.2, 0.25) is 0 Å². The molecule has 0 aromatic carbocycles. The third-order valence-corrected chi connectivity index (χ3v) is 8.50. The van der Waals surface area contributed by atoms with Gasteiger partial charge in [-0.15, -0.1) is 32.9 Å². The number of rotatable bonds is 7. The Hall–Kier alpha value is -2.17. The third kappa shape index (κ3) is 3.57. The Morgan fingerprint density at radius 3 is 2.87 bits per heavy atom. The first-order valence-corrected chi connectivity index (χ1v) is 12.5. The molecule has 0 unspecified atom stereocenters. The first-order valence-electron chi connectivity index (χ1n) is 9.93. The molecule has 10 heteroatoms. The van der Waals surface area contributed by atoms with E-state index in [2.05, 4.69) is 20.1 Å². The molecule has 1 fully saturated rings. The number of nitrogens with zero attached hydrogens (tertiary/aromatic N) is 3. The van der Waals surface area contributed by atoms with Crippen molar-refractivity contribution in [3.05, 3.63) is 33.5 Å². The number of nitrogens with one attached hydrogen (secondary N) is 1. The maximum absolute atomic E-state index is 12.9. The largest absolute Gasteiger partial charge is 0.365 e. The van der Waals surface area contributed by atoms with Gasteiger partial charge in [0.25, 0.3) is 5.91 Å². The SMILES string of the molecule is C[C@@H](Sc1nnc(-c2cccs2)n1C1CC1)C(=O)Nc1sc2c(c1C(N)=O)CCC2. The second kappa shape index (κ2) is 7.82. The number of fused-ring (bicyclic) bond motifs is 1. The second-order valence-corrected chi connectivity index (χ2v) is 10.9. The minimum absolute atomic E-state index is 0.162. The quantitative estimate of drug-likeness (QED) is 0.518. The van der Waals surface area contributed by atoms with Gasteiger partial charge >= 0.3 is 0 Å². The lowest BCUT2D eigenvalue weighted by atomic mass is 10.1. The van der Waals surface area contributed by atoms with Gasteiger partial charge in [-0.05, 0) is 56.0 Å². The molecule has 3 aromatic rings. The summed E-state index contributed by atoms with van der Waals surface area (Å²) in [6.07, 6.45) is 5.03. The fraction of sp³-hybridized carbons (Fsp3) is 0.400. The molecule has 0 saturated heterocycles. The monoisotopic (exact) mass is 459 g/mol. The molecule has 0 spiro atoms. The molecule has 0 radical (unpaired) electrons. The average molecular weight is 460 g/mol. The highest BCUT2D eigenvalue weighted by Gasteiger charge is 2.32. The number of primary amides is 1. The van der Waals surface area contributed by atoms with Crippen LogP contribution in [0.5, 0.6) is 0 Å². The second-order valence-electron chi connectivity index (χ2n) is 7.56. The molecule has 0 bridgehead atoms. The number of carbonyl (C=O) groups is 2. The molecule has 3 heterocycles. The van der Waals surface area contributed by atoms with Crippen molar-refractivity contribution in [1.82, 2.24) is 14.8 Å². The zero-order valence-corrected chi connectivity index (χ0v) is 18.8. The molecule has 1 atom stereocenters. The molecule has 0 aliphatic heterocycles. The Labute approximate surface area is 186 Å². The summed E-state index contributed by atoms with van der Waals surface area (Å²) < 4.78 is 2.16. The summed E-state index contributed by atoms with van der Waals surface area (Å²) in [5.41, 5.74) is 7.10. The number of thiophene rings is 2. The van der Waals surface area contributed by atoms with Gasteiger partial charge in [0.15, 0.2) is 11.0 Å². The summed E-state index contributed by atoms with van der Waals surface area (Å²) in [5, 5.41) is 14.7. The van der Waals surface area contributed by atoms with Crippen molar-refractivity contribution in [2.24, 2.45) is 5.73 Å². The summed E-state index contributed by atoms with van der Waals surface area (Å²) in [6, 6.07) is 4.44. The van der Waals surface area contributed by atoms with E-state index in [1.54, 1.807) is 11.3 Å². The van der Waals surface area contributed by atoms with E-state index in [1.807, 2.05) is 24.4 Å². The van der Waals surface area contributed by atoms with Crippen molar-refractivity contribution >= 4 is 51.3 Å². The van der Waals surface area contributed by atoms with Gasteiger partial charge in [-0.25, -0.2) is 0 Å². The number of amides is 2. The van der Waals surface area contributed by atoms with E-state index in [9.17, 15) is 9.59 Å². The van der Waals surface area contributed by atoms with Crippen molar-refractivity contribution < 1.29 is 9.59 Å². The fourth-order valence-electron chi connectivity index (χ4n) is 3.77. The van der Waals surface area contributed by atoms with Crippen LogP contribution in [0.25, 0.3) is 10.7 Å². The van der Waals surface area contributed by atoms with Gasteiger partial charge < -0.3 is 11.1 Å². The first kappa shape index (κ1) is 19.8. The number of aromatic nitrogens is 3. The van der Waals surface area contributed by atoms with Crippen LogP contribution in [0.1, 0.15) is 53.0 Å². The number of nitrogens with two attached hydrogens (primary N) is 1. The molecule has 2 amide bonds. The maximum Gasteiger partial charge on any atom is 0.251 e. The van der Waals surface area contributed by atoms with E-state index in [0.717, 1.165) is 58.4 Å². The Bertz CT molecular complexity index is 1110. The summed E-state index contributed by atoms with van der Waals surface area (Å²) in [4.78, 5) is 27.1. The van der Waals surface area contributed by atoms with Gasteiger partial charge in [-0.1, -0.05) is 17.8 Å². The van der Waals surface area contributed by atoms with Crippen LogP contribution in [0.3, 0.4) is 0 Å². The highest BCUT2D eigenvalue weighted by molar-refractivity contribution is 8.00. The third-order valence-electron chi connectivity index (χ3n) is 5.37.